The van der Waals surface area contributed by atoms with Crippen molar-refractivity contribution in [3.8, 4) is 0 Å². The van der Waals surface area contributed by atoms with Crippen LogP contribution in [0.3, 0.4) is 0 Å². The van der Waals surface area contributed by atoms with E-state index >= 15 is 0 Å². The number of carbonyl (C=O) groups excluding carboxylic acids is 3. The Labute approximate surface area is 339 Å². The molecule has 1 aromatic carbocycles. The van der Waals surface area contributed by atoms with Gasteiger partial charge < -0.3 is 40.0 Å². The van der Waals surface area contributed by atoms with Crippen molar-refractivity contribution in [2.24, 2.45) is 32.7 Å². The van der Waals surface area contributed by atoms with Crippen LogP contribution in [0.1, 0.15) is 58.9 Å². The summed E-state index contributed by atoms with van der Waals surface area (Å²) in [6.45, 7) is 8.35. The highest BCUT2D eigenvalue weighted by molar-refractivity contribution is 6.19. The summed E-state index contributed by atoms with van der Waals surface area (Å²) in [6.07, 6.45) is 6.16. The van der Waals surface area contributed by atoms with Crippen LogP contribution in [0.15, 0.2) is 76.1 Å². The molecule has 5 aliphatic rings. The fraction of sp³-hybridized carbons (Fsp3) is 0.535. The number of aromatic nitrogens is 1. The summed E-state index contributed by atoms with van der Waals surface area (Å²) in [5.41, 5.74) is -0.205. The summed E-state index contributed by atoms with van der Waals surface area (Å²) in [7, 11) is 3.84. The van der Waals surface area contributed by atoms with Crippen LogP contribution in [0.2, 0.25) is 0 Å². The number of esters is 2. The summed E-state index contributed by atoms with van der Waals surface area (Å²) < 4.78 is 18.0. The van der Waals surface area contributed by atoms with Gasteiger partial charge in [0.25, 0.3) is 0 Å². The topological polar surface area (TPSA) is 200 Å². The SMILES string of the molecule is CCOC(=O)/C(=C1/C=C(C(CC2C3(CO3)C(NC(C)C(=O)NC3=NCC=N3)CC3[C@]2(C)CC[C@@H](O)[C@@]3(C)CO)Nc2ccccn2)C(=O)O1)c1ccc(N(C)C)cc1. The molecule has 1 aromatic heterocycles. The van der Waals surface area contributed by atoms with Crippen molar-refractivity contribution >= 4 is 47.1 Å². The number of cyclic esters (lactones) is 1. The number of amides is 1. The van der Waals surface area contributed by atoms with Crippen LogP contribution < -0.4 is 20.9 Å². The van der Waals surface area contributed by atoms with E-state index < -0.39 is 46.6 Å². The van der Waals surface area contributed by atoms with E-state index in [1.165, 1.54) is 0 Å². The minimum atomic E-state index is -0.859. The minimum absolute atomic E-state index is 0.0817. The Kier molecular flexibility index (Phi) is 11.6. The number of pyridine rings is 1. The van der Waals surface area contributed by atoms with E-state index in [0.29, 0.717) is 55.8 Å². The molecule has 1 saturated heterocycles. The van der Waals surface area contributed by atoms with Crippen molar-refractivity contribution in [2.45, 2.75) is 83.2 Å². The lowest BCUT2D eigenvalue weighted by molar-refractivity contribution is -0.184. The van der Waals surface area contributed by atoms with E-state index in [1.807, 2.05) is 50.2 Å². The first-order valence-electron chi connectivity index (χ1n) is 20.1. The van der Waals surface area contributed by atoms with Gasteiger partial charge in [-0.25, -0.2) is 24.6 Å². The van der Waals surface area contributed by atoms with Gasteiger partial charge in [0.1, 0.15) is 22.8 Å². The Morgan fingerprint density at radius 3 is 2.52 bits per heavy atom. The number of hydrogen-bond donors (Lipinski definition) is 5. The number of rotatable bonds is 13. The molecule has 3 fully saturated rings. The highest BCUT2D eigenvalue weighted by Gasteiger charge is 2.71. The predicted molar refractivity (Wildman–Crippen MR) is 219 cm³/mol. The van der Waals surface area contributed by atoms with E-state index in [0.717, 1.165) is 5.69 Å². The molecule has 2 aromatic rings. The molecule has 310 valence electrons. The lowest BCUT2D eigenvalue weighted by atomic mass is 9.43. The van der Waals surface area contributed by atoms with Crippen LogP contribution in [-0.4, -0.2) is 116 Å². The van der Waals surface area contributed by atoms with Crippen molar-refractivity contribution in [3.63, 3.8) is 0 Å². The van der Waals surface area contributed by atoms with Crippen LogP contribution in [-0.2, 0) is 28.6 Å². The molecular formula is C43H55N7O8. The molecule has 0 radical (unpaired) electrons. The second-order valence-electron chi connectivity index (χ2n) is 16.8. The van der Waals surface area contributed by atoms with Crippen molar-refractivity contribution in [2.75, 3.05) is 50.7 Å². The number of ether oxygens (including phenoxy) is 3. The summed E-state index contributed by atoms with van der Waals surface area (Å²) in [5, 5.41) is 32.3. The maximum absolute atomic E-state index is 14.2. The van der Waals surface area contributed by atoms with Crippen LogP contribution in [0.25, 0.3) is 5.57 Å². The first kappa shape index (κ1) is 41.2. The molecule has 4 heterocycles. The van der Waals surface area contributed by atoms with Crippen molar-refractivity contribution in [1.29, 1.82) is 0 Å². The Balaban J connectivity index is 1.30. The monoisotopic (exact) mass is 797 g/mol. The quantitative estimate of drug-likeness (QED) is 0.113. The zero-order valence-electron chi connectivity index (χ0n) is 34.0. The lowest BCUT2D eigenvalue weighted by Gasteiger charge is -2.63. The molecule has 1 amide bonds. The third-order valence-corrected chi connectivity index (χ3v) is 13.1. The maximum Gasteiger partial charge on any atom is 0.342 e. The summed E-state index contributed by atoms with van der Waals surface area (Å²) in [6, 6.07) is 11.1. The smallest absolute Gasteiger partial charge is 0.342 e. The van der Waals surface area contributed by atoms with E-state index in [9.17, 15) is 24.6 Å². The number of nitrogens with one attached hydrogen (secondary N) is 3. The van der Waals surface area contributed by atoms with Gasteiger partial charge in [-0.3, -0.25) is 10.1 Å². The van der Waals surface area contributed by atoms with Gasteiger partial charge in [0.2, 0.25) is 11.9 Å². The van der Waals surface area contributed by atoms with Crippen LogP contribution >= 0.6 is 0 Å². The molecule has 15 heteroatoms. The molecule has 9 atom stereocenters. The standard InChI is InChI=1S/C43H55N7O8/c1-7-56-39(55)36(26-11-13-27(14-12-26)50(5)6)30-20-28(38(54)58-30)29(48-35-10-8-9-17-44-35)21-32-41(3)16-15-34(52)42(4,23-51)31(41)22-33(43(32)24-57-43)47-25(2)37(53)49-40-45-18-19-46-40/h8-14,17-18,20,25,29,31-34,47,51-52H,7,15-16,19,21-24H2,1-6H3,(H,44,48)(H,46,49,53)/b36-30-/t25?,29?,31?,32?,33?,34-,41+,42+,43?/m1/s1. The largest absolute Gasteiger partial charge is 0.462 e. The zero-order chi connectivity index (χ0) is 41.4. The van der Waals surface area contributed by atoms with Gasteiger partial charge in [0, 0.05) is 43.7 Å². The van der Waals surface area contributed by atoms with Gasteiger partial charge in [0.05, 0.1) is 50.1 Å². The number of allylic oxidation sites excluding steroid dienone is 1. The Morgan fingerprint density at radius 1 is 1.14 bits per heavy atom. The summed E-state index contributed by atoms with van der Waals surface area (Å²) in [5.74, 6) is -1.13. The molecule has 3 aliphatic heterocycles. The average molecular weight is 798 g/mol. The number of carbonyl (C=O) groups is 3. The maximum atomic E-state index is 14.2. The summed E-state index contributed by atoms with van der Waals surface area (Å²) >= 11 is 0. The van der Waals surface area contributed by atoms with Crippen LogP contribution in [0.4, 0.5) is 11.5 Å². The number of benzene rings is 1. The number of epoxide rings is 1. The number of anilines is 2. The number of fused-ring (bicyclic) bond motifs is 1. The second kappa shape index (κ2) is 16.4. The normalized spacial score (nSPS) is 31.7. The second-order valence-corrected chi connectivity index (χ2v) is 16.8. The van der Waals surface area contributed by atoms with Crippen molar-refractivity contribution in [1.82, 2.24) is 15.6 Å². The molecule has 5 N–H and O–H groups in total. The molecule has 7 rings (SSSR count). The van der Waals surface area contributed by atoms with Gasteiger partial charge in [-0.15, -0.1) is 0 Å². The fourth-order valence-corrected chi connectivity index (χ4v) is 9.84. The number of aliphatic imine (C=N–C) groups is 2. The first-order chi connectivity index (χ1) is 27.7. The first-order valence-corrected chi connectivity index (χ1v) is 20.1. The Bertz CT molecular complexity index is 2010. The van der Waals surface area contributed by atoms with Gasteiger partial charge >= 0.3 is 11.9 Å². The number of aliphatic hydroxyl groups excluding tert-OH is 2. The molecule has 2 saturated carbocycles. The Hall–Kier alpha value is -4.96. The van der Waals surface area contributed by atoms with E-state index in [-0.39, 0.29) is 54.3 Å². The number of guanidine groups is 1. The van der Waals surface area contributed by atoms with Gasteiger partial charge in [-0.2, -0.15) is 0 Å². The fourth-order valence-electron chi connectivity index (χ4n) is 9.84. The third kappa shape index (κ3) is 7.68. The molecule has 58 heavy (non-hydrogen) atoms. The minimum Gasteiger partial charge on any atom is -0.462 e. The predicted octanol–water partition coefficient (Wildman–Crippen LogP) is 3.24. The van der Waals surface area contributed by atoms with Crippen LogP contribution in [0.5, 0.6) is 0 Å². The molecule has 1 spiro atoms. The number of nitrogens with zero attached hydrogens (tertiary/aromatic N) is 4. The third-order valence-electron chi connectivity index (χ3n) is 13.1. The number of aliphatic hydroxyl groups is 2. The number of hydrogen-bond acceptors (Lipinski definition) is 14. The van der Waals surface area contributed by atoms with Crippen molar-refractivity contribution < 1.29 is 38.8 Å². The van der Waals surface area contributed by atoms with E-state index in [2.05, 4.69) is 37.8 Å². The highest BCUT2D eigenvalue weighted by Crippen LogP contribution is 2.66. The van der Waals surface area contributed by atoms with E-state index in [4.69, 9.17) is 14.2 Å². The van der Waals surface area contributed by atoms with E-state index in [1.54, 1.807) is 50.5 Å². The molecule has 6 unspecified atom stereocenters. The highest BCUT2D eigenvalue weighted by atomic mass is 16.6. The average Bonchev–Trinajstić information content (AvgIpc) is 3.64. The molecule has 15 nitrogen and oxygen atoms in total. The van der Waals surface area contributed by atoms with Gasteiger partial charge in [-0.05, 0) is 92.7 Å². The van der Waals surface area contributed by atoms with Gasteiger partial charge in [-0.1, -0.05) is 32.0 Å². The molecular weight excluding hydrogens is 743 g/mol. The van der Waals surface area contributed by atoms with Crippen molar-refractivity contribution in [3.05, 3.63) is 71.6 Å². The molecule has 2 aliphatic carbocycles. The Morgan fingerprint density at radius 2 is 1.90 bits per heavy atom. The lowest BCUT2D eigenvalue weighted by Crippen LogP contribution is -2.68. The van der Waals surface area contributed by atoms with Gasteiger partial charge in [0.15, 0.2) is 0 Å². The summed E-state index contributed by atoms with van der Waals surface area (Å²) in [4.78, 5) is 56.0. The molecule has 0 bridgehead atoms. The zero-order valence-corrected chi connectivity index (χ0v) is 34.0. The van der Waals surface area contributed by atoms with Crippen LogP contribution in [0, 0.1) is 22.7 Å².